The van der Waals surface area contributed by atoms with Crippen LogP contribution in [0.2, 0.25) is 0 Å². The molecule has 0 spiro atoms. The Morgan fingerprint density at radius 3 is 2.45 bits per heavy atom. The summed E-state index contributed by atoms with van der Waals surface area (Å²) in [4.78, 5) is 1.28. The topological polar surface area (TPSA) is 32.3 Å². The van der Waals surface area contributed by atoms with Gasteiger partial charge in [-0.15, -0.1) is 24.2 Å². The van der Waals surface area contributed by atoms with E-state index < -0.39 is 6.10 Å². The summed E-state index contributed by atoms with van der Waals surface area (Å²) in [5.41, 5.74) is 2.26. The molecule has 0 aliphatic rings. The Hall–Kier alpha value is -0.220. The van der Waals surface area contributed by atoms with Crippen LogP contribution in [0, 0.1) is 6.92 Å². The third kappa shape index (κ3) is 8.42. The summed E-state index contributed by atoms with van der Waals surface area (Å²) in [5.74, 6) is 0. The fourth-order valence-electron chi connectivity index (χ4n) is 2.50. The lowest BCUT2D eigenvalue weighted by Crippen LogP contribution is -2.22. The number of aliphatic hydroxyl groups excluding tert-OH is 1. The number of benzene rings is 1. The molecule has 4 heteroatoms. The third-order valence-electron chi connectivity index (χ3n) is 3.85. The van der Waals surface area contributed by atoms with Crippen LogP contribution in [0.15, 0.2) is 23.1 Å². The molecule has 0 amide bonds. The van der Waals surface area contributed by atoms with Crippen LogP contribution >= 0.6 is 24.2 Å². The smallest absolute Gasteiger partial charge is 0.0914 e. The van der Waals surface area contributed by atoms with Gasteiger partial charge in [0.25, 0.3) is 0 Å². The molecule has 0 aliphatic carbocycles. The Bertz CT molecular complexity index is 401. The number of aryl methyl sites for hydroxylation is 1. The number of aliphatic hydroxyl groups is 1. The van der Waals surface area contributed by atoms with E-state index in [0.717, 1.165) is 12.1 Å². The number of halogens is 1. The lowest BCUT2D eigenvalue weighted by Gasteiger charge is -2.14. The van der Waals surface area contributed by atoms with Crippen molar-refractivity contribution in [2.24, 2.45) is 0 Å². The van der Waals surface area contributed by atoms with Crippen LogP contribution in [-0.4, -0.2) is 24.5 Å². The molecule has 1 rings (SSSR count). The number of hydrogen-bond acceptors (Lipinski definition) is 3. The van der Waals surface area contributed by atoms with E-state index in [4.69, 9.17) is 0 Å². The summed E-state index contributed by atoms with van der Waals surface area (Å²) >= 11 is 1.75. The van der Waals surface area contributed by atoms with Crippen molar-refractivity contribution in [3.8, 4) is 0 Å². The summed E-state index contributed by atoms with van der Waals surface area (Å²) in [7, 11) is 0. The number of unbranched alkanes of at least 4 members (excludes halogenated alkanes) is 5. The van der Waals surface area contributed by atoms with E-state index in [1.807, 2.05) is 6.07 Å². The van der Waals surface area contributed by atoms with E-state index in [2.05, 4.69) is 37.6 Å². The molecular formula is C18H32ClNOS. The zero-order chi connectivity index (χ0) is 15.5. The second-order valence-electron chi connectivity index (χ2n) is 5.72. The van der Waals surface area contributed by atoms with Crippen molar-refractivity contribution in [2.45, 2.75) is 63.4 Å². The van der Waals surface area contributed by atoms with E-state index in [1.54, 1.807) is 11.8 Å². The van der Waals surface area contributed by atoms with E-state index >= 15 is 0 Å². The van der Waals surface area contributed by atoms with Gasteiger partial charge in [0.05, 0.1) is 6.10 Å². The first-order valence-electron chi connectivity index (χ1n) is 8.22. The van der Waals surface area contributed by atoms with Gasteiger partial charge in [-0.05, 0) is 43.3 Å². The molecule has 0 aromatic heterocycles. The predicted molar refractivity (Wildman–Crippen MR) is 101 cm³/mol. The van der Waals surface area contributed by atoms with Crippen LogP contribution in [0.5, 0.6) is 0 Å². The monoisotopic (exact) mass is 345 g/mol. The second kappa shape index (κ2) is 13.2. The maximum absolute atomic E-state index is 10.2. The van der Waals surface area contributed by atoms with Gasteiger partial charge in [-0.25, -0.2) is 0 Å². The molecule has 0 bridgehead atoms. The SMILES string of the molecule is CCCCCCCCNCC(O)c1ccc(SC)c(C)c1.Cl. The van der Waals surface area contributed by atoms with E-state index in [-0.39, 0.29) is 12.4 Å². The van der Waals surface area contributed by atoms with Gasteiger partial charge >= 0.3 is 0 Å². The van der Waals surface area contributed by atoms with Crippen molar-refractivity contribution in [1.29, 1.82) is 0 Å². The fraction of sp³-hybridized carbons (Fsp3) is 0.667. The lowest BCUT2D eigenvalue weighted by molar-refractivity contribution is 0.174. The Kier molecular flexibility index (Phi) is 13.1. The summed E-state index contributed by atoms with van der Waals surface area (Å²) < 4.78 is 0. The highest BCUT2D eigenvalue weighted by molar-refractivity contribution is 7.98. The van der Waals surface area contributed by atoms with Gasteiger partial charge in [-0.1, -0.05) is 51.2 Å². The average molecular weight is 346 g/mol. The standard InChI is InChI=1S/C18H31NOS.ClH/c1-4-5-6-7-8-9-12-19-14-17(20)16-10-11-18(21-3)15(2)13-16;/h10-11,13,17,19-20H,4-9,12,14H2,1-3H3;1H. The molecule has 1 aromatic carbocycles. The quantitative estimate of drug-likeness (QED) is 0.431. The zero-order valence-corrected chi connectivity index (χ0v) is 15.9. The van der Waals surface area contributed by atoms with E-state index in [0.29, 0.717) is 6.54 Å². The first-order chi connectivity index (χ1) is 10.2. The molecule has 0 saturated carbocycles. The summed E-state index contributed by atoms with van der Waals surface area (Å²) in [6.45, 7) is 6.00. The minimum atomic E-state index is -0.403. The molecule has 1 unspecified atom stereocenters. The molecule has 2 nitrogen and oxygen atoms in total. The van der Waals surface area contributed by atoms with Crippen molar-refractivity contribution in [3.05, 3.63) is 29.3 Å². The minimum Gasteiger partial charge on any atom is -0.387 e. The Morgan fingerprint density at radius 1 is 1.14 bits per heavy atom. The first kappa shape index (κ1) is 21.8. The highest BCUT2D eigenvalue weighted by atomic mass is 35.5. The molecule has 2 N–H and O–H groups in total. The molecule has 1 aromatic rings. The predicted octanol–water partition coefficient (Wildman–Crippen LogP) is 5.12. The molecule has 0 fully saturated rings. The fourth-order valence-corrected chi connectivity index (χ4v) is 3.08. The molecular weight excluding hydrogens is 314 g/mol. The van der Waals surface area contributed by atoms with Crippen LogP contribution in [0.3, 0.4) is 0 Å². The van der Waals surface area contributed by atoms with Gasteiger partial charge in [0.15, 0.2) is 0 Å². The van der Waals surface area contributed by atoms with Crippen molar-refractivity contribution >= 4 is 24.2 Å². The maximum atomic E-state index is 10.2. The van der Waals surface area contributed by atoms with Crippen LogP contribution in [0.4, 0.5) is 0 Å². The van der Waals surface area contributed by atoms with Crippen molar-refractivity contribution in [3.63, 3.8) is 0 Å². The molecule has 0 heterocycles. The molecule has 0 aliphatic heterocycles. The van der Waals surface area contributed by atoms with Gasteiger partial charge in [0.2, 0.25) is 0 Å². The van der Waals surface area contributed by atoms with Gasteiger partial charge < -0.3 is 10.4 Å². The molecule has 128 valence electrons. The van der Waals surface area contributed by atoms with Crippen LogP contribution in [0.1, 0.15) is 62.7 Å². The normalized spacial score (nSPS) is 12.0. The third-order valence-corrected chi connectivity index (χ3v) is 4.75. The van der Waals surface area contributed by atoms with Crippen molar-refractivity contribution in [1.82, 2.24) is 5.32 Å². The number of rotatable bonds is 11. The maximum Gasteiger partial charge on any atom is 0.0914 e. The van der Waals surface area contributed by atoms with Gasteiger partial charge in [-0.3, -0.25) is 0 Å². The largest absolute Gasteiger partial charge is 0.387 e. The Balaban J connectivity index is 0.00000441. The second-order valence-corrected chi connectivity index (χ2v) is 6.56. The highest BCUT2D eigenvalue weighted by Crippen LogP contribution is 2.23. The van der Waals surface area contributed by atoms with Gasteiger partial charge in [0, 0.05) is 11.4 Å². The van der Waals surface area contributed by atoms with E-state index in [9.17, 15) is 5.11 Å². The van der Waals surface area contributed by atoms with E-state index in [1.165, 1.54) is 49.0 Å². The number of hydrogen-bond donors (Lipinski definition) is 2. The van der Waals surface area contributed by atoms with Crippen molar-refractivity contribution < 1.29 is 5.11 Å². The zero-order valence-electron chi connectivity index (χ0n) is 14.2. The average Bonchev–Trinajstić information content (AvgIpc) is 2.49. The van der Waals surface area contributed by atoms with Gasteiger partial charge in [-0.2, -0.15) is 0 Å². The molecule has 0 radical (unpaired) electrons. The Labute approximate surface area is 146 Å². The van der Waals surface area contributed by atoms with Gasteiger partial charge in [0.1, 0.15) is 0 Å². The molecule has 22 heavy (non-hydrogen) atoms. The lowest BCUT2D eigenvalue weighted by atomic mass is 10.1. The first-order valence-corrected chi connectivity index (χ1v) is 9.44. The minimum absolute atomic E-state index is 0. The summed E-state index contributed by atoms with van der Waals surface area (Å²) in [6.07, 6.45) is 9.55. The highest BCUT2D eigenvalue weighted by Gasteiger charge is 2.08. The molecule has 0 saturated heterocycles. The van der Waals surface area contributed by atoms with Crippen LogP contribution in [-0.2, 0) is 0 Å². The number of nitrogens with one attached hydrogen (secondary N) is 1. The summed E-state index contributed by atoms with van der Waals surface area (Å²) in [5, 5.41) is 13.6. The van der Waals surface area contributed by atoms with Crippen molar-refractivity contribution in [2.75, 3.05) is 19.3 Å². The summed E-state index contributed by atoms with van der Waals surface area (Å²) in [6, 6.07) is 6.24. The van der Waals surface area contributed by atoms with Crippen LogP contribution in [0.25, 0.3) is 0 Å². The van der Waals surface area contributed by atoms with Crippen LogP contribution < -0.4 is 5.32 Å². The number of thioether (sulfide) groups is 1. The molecule has 1 atom stereocenters. The Morgan fingerprint density at radius 2 is 1.82 bits per heavy atom.